The van der Waals surface area contributed by atoms with Gasteiger partial charge in [0.15, 0.2) is 30.0 Å². The van der Waals surface area contributed by atoms with Gasteiger partial charge in [0, 0.05) is 12.0 Å². The standard InChI is InChI=1S/C52H63NO11/c1-31-37(63-46(59)62-31)30-61-45(58)52(7)38-19-22-51(6)43(49(38,4)21-20-39(52)53-40(55)28-41(56)60-8)36(54)27-34-35-29-48(3,24-23-47(35,2)25-26-50(34,51)5)44(57)64-42(32-15-11-9-12-16-32)33-17-13-10-14-18-33/h9-18,27,35,38-39,42-43H,19-26,28-30H2,1-8H3,(H,53,55)/t35-,38+,39-,43+,47+,48-,49-,50+,51+,52-/m0/s1. The summed E-state index contributed by atoms with van der Waals surface area (Å²) in [7, 11) is 1.21. The average Bonchev–Trinajstić information content (AvgIpc) is 3.60. The number of hydrogen-bond acceptors (Lipinski definition) is 11. The third-order valence-electron chi connectivity index (χ3n) is 17.7. The van der Waals surface area contributed by atoms with E-state index in [9.17, 15) is 24.0 Å². The fourth-order valence-corrected chi connectivity index (χ4v) is 13.6. The number of esters is 3. The van der Waals surface area contributed by atoms with Crippen LogP contribution in [0.3, 0.4) is 0 Å². The van der Waals surface area contributed by atoms with Crippen LogP contribution < -0.4 is 11.1 Å². The van der Waals surface area contributed by atoms with Gasteiger partial charge in [0.25, 0.3) is 0 Å². The van der Waals surface area contributed by atoms with Crippen LogP contribution >= 0.6 is 0 Å². The van der Waals surface area contributed by atoms with E-state index < -0.39 is 75.7 Å². The van der Waals surface area contributed by atoms with E-state index in [1.54, 1.807) is 13.8 Å². The third-order valence-corrected chi connectivity index (χ3v) is 17.7. The van der Waals surface area contributed by atoms with E-state index in [0.717, 1.165) is 36.0 Å². The van der Waals surface area contributed by atoms with Crippen molar-refractivity contribution in [3.8, 4) is 0 Å². The molecule has 12 heteroatoms. The first-order valence-corrected chi connectivity index (χ1v) is 22.9. The highest BCUT2D eigenvalue weighted by molar-refractivity contribution is 5.96. The quantitative estimate of drug-likeness (QED) is 0.117. The Kier molecular flexibility index (Phi) is 11.6. The molecule has 1 heterocycles. The lowest BCUT2D eigenvalue weighted by Crippen LogP contribution is -2.69. The number of allylic oxidation sites excluding steroid dienone is 2. The Labute approximate surface area is 375 Å². The molecule has 0 spiro atoms. The van der Waals surface area contributed by atoms with Crippen LogP contribution in [0.25, 0.3) is 0 Å². The highest BCUT2D eigenvalue weighted by Gasteiger charge is 2.72. The summed E-state index contributed by atoms with van der Waals surface area (Å²) in [4.78, 5) is 81.9. The fraction of sp³-hybridized carbons (Fsp3) is 0.577. The van der Waals surface area contributed by atoms with Gasteiger partial charge in [-0.25, -0.2) is 4.79 Å². The largest absolute Gasteiger partial charge is 0.519 e. The Morgan fingerprint density at radius 2 is 1.44 bits per heavy atom. The second-order valence-corrected chi connectivity index (χ2v) is 21.1. The average molecular weight is 878 g/mol. The number of nitrogens with one attached hydrogen (secondary N) is 1. The topological polar surface area (TPSA) is 168 Å². The van der Waals surface area contributed by atoms with Crippen LogP contribution in [-0.2, 0) is 44.8 Å². The minimum Gasteiger partial charge on any atom is -0.469 e. The third kappa shape index (κ3) is 7.27. The monoisotopic (exact) mass is 877 g/mol. The van der Waals surface area contributed by atoms with Gasteiger partial charge >= 0.3 is 23.7 Å². The molecule has 10 atom stereocenters. The minimum atomic E-state index is -1.34. The summed E-state index contributed by atoms with van der Waals surface area (Å²) >= 11 is 0. The molecule has 1 aromatic heterocycles. The van der Waals surface area contributed by atoms with Gasteiger partial charge in [-0.1, -0.05) is 93.9 Å². The van der Waals surface area contributed by atoms with Gasteiger partial charge in [-0.3, -0.25) is 24.0 Å². The Bertz CT molecular complexity index is 2380. The number of aryl methyl sites for hydroxylation is 1. The van der Waals surface area contributed by atoms with Crippen molar-refractivity contribution in [1.82, 2.24) is 5.32 Å². The van der Waals surface area contributed by atoms with E-state index in [0.29, 0.717) is 38.5 Å². The molecule has 0 radical (unpaired) electrons. The summed E-state index contributed by atoms with van der Waals surface area (Å²) in [6.07, 6.45) is 6.89. The zero-order valence-corrected chi connectivity index (χ0v) is 38.5. The second-order valence-electron chi connectivity index (χ2n) is 21.1. The second kappa shape index (κ2) is 16.3. The van der Waals surface area contributed by atoms with Crippen LogP contribution in [0, 0.1) is 57.2 Å². The summed E-state index contributed by atoms with van der Waals surface area (Å²) in [6, 6.07) is 19.0. The maximum Gasteiger partial charge on any atom is 0.519 e. The van der Waals surface area contributed by atoms with Crippen LogP contribution in [0.2, 0.25) is 0 Å². The van der Waals surface area contributed by atoms with Crippen molar-refractivity contribution < 1.29 is 47.0 Å². The zero-order valence-electron chi connectivity index (χ0n) is 38.5. The van der Waals surface area contributed by atoms with Gasteiger partial charge in [-0.15, -0.1) is 0 Å². The molecule has 0 unspecified atom stereocenters. The molecule has 12 nitrogen and oxygen atoms in total. The Hall–Kier alpha value is -5.26. The summed E-state index contributed by atoms with van der Waals surface area (Å²) in [5.74, 6) is -3.59. The first-order valence-electron chi connectivity index (χ1n) is 22.9. The number of ketones is 1. The molecule has 4 fully saturated rings. The smallest absolute Gasteiger partial charge is 0.469 e. The summed E-state index contributed by atoms with van der Waals surface area (Å²) in [5.41, 5.74) is -0.860. The Morgan fingerprint density at radius 3 is 2.05 bits per heavy atom. The van der Waals surface area contributed by atoms with Crippen molar-refractivity contribution in [3.05, 3.63) is 106 Å². The number of rotatable bonds is 10. The molecule has 0 saturated heterocycles. The lowest BCUT2D eigenvalue weighted by molar-refractivity contribution is -0.205. The number of carbonyl (C=O) groups is 5. The fourth-order valence-electron chi connectivity index (χ4n) is 13.6. The first-order chi connectivity index (χ1) is 30.2. The van der Waals surface area contributed by atoms with Gasteiger partial charge < -0.3 is 28.4 Å². The number of fused-ring (bicyclic) bond motifs is 7. The van der Waals surface area contributed by atoms with E-state index in [2.05, 4.69) is 33.0 Å². The molecule has 342 valence electrons. The van der Waals surface area contributed by atoms with Crippen LogP contribution in [0.15, 0.2) is 85.9 Å². The van der Waals surface area contributed by atoms with E-state index in [4.69, 9.17) is 23.0 Å². The van der Waals surface area contributed by atoms with Crippen molar-refractivity contribution in [2.75, 3.05) is 7.11 Å². The van der Waals surface area contributed by atoms with E-state index in [-0.39, 0.29) is 46.6 Å². The number of carbonyl (C=O) groups excluding carboxylic acids is 5. The van der Waals surface area contributed by atoms with Gasteiger partial charge in [-0.2, -0.15) is 0 Å². The Morgan fingerprint density at radius 1 is 0.797 bits per heavy atom. The zero-order chi connectivity index (χ0) is 46.0. The number of hydrogen-bond donors (Lipinski definition) is 1. The van der Waals surface area contributed by atoms with Gasteiger partial charge in [-0.05, 0) is 129 Å². The molecule has 5 aliphatic carbocycles. The number of amides is 1. The molecule has 1 amide bonds. The molecule has 8 rings (SSSR count). The van der Waals surface area contributed by atoms with Gasteiger partial charge in [0.2, 0.25) is 5.91 Å². The predicted octanol–water partition coefficient (Wildman–Crippen LogP) is 8.93. The highest BCUT2D eigenvalue weighted by atomic mass is 16.6. The Balaban J connectivity index is 1.11. The van der Waals surface area contributed by atoms with E-state index in [1.165, 1.54) is 7.11 Å². The minimum absolute atomic E-state index is 0.0239. The van der Waals surface area contributed by atoms with Crippen molar-refractivity contribution >= 4 is 29.6 Å². The first kappa shape index (κ1) is 45.3. The normalized spacial score (nSPS) is 35.4. The SMILES string of the molecule is COC(=O)CC(=O)N[C@H]1CC[C@@]2(C)[C@@H](CC[C@]3(C)[C@@H]2C(=O)C=C2[C@@H]4C[C@@](C)(C(=O)OC(c5ccccc5)c5ccccc5)CC[C@]4(C)CC[C@]23C)[C@]1(C)C(=O)OCc1oc(=O)oc1C. The van der Waals surface area contributed by atoms with Crippen LogP contribution in [0.4, 0.5) is 0 Å². The molecule has 3 aromatic rings. The van der Waals surface area contributed by atoms with Crippen LogP contribution in [0.5, 0.6) is 0 Å². The van der Waals surface area contributed by atoms with E-state index >= 15 is 4.79 Å². The van der Waals surface area contributed by atoms with Crippen LogP contribution in [0.1, 0.15) is 135 Å². The van der Waals surface area contributed by atoms with Crippen LogP contribution in [-0.4, -0.2) is 42.7 Å². The molecular formula is C52H63NO11. The van der Waals surface area contributed by atoms with Gasteiger partial charge in [0.05, 0.1) is 17.9 Å². The van der Waals surface area contributed by atoms with Crippen molar-refractivity contribution in [2.45, 2.75) is 131 Å². The number of ether oxygens (including phenoxy) is 3. The number of methoxy groups -OCH3 is 1. The summed E-state index contributed by atoms with van der Waals surface area (Å²) in [6.45, 7) is 14.1. The molecular weight excluding hydrogens is 815 g/mol. The summed E-state index contributed by atoms with van der Waals surface area (Å²) < 4.78 is 27.4. The highest BCUT2D eigenvalue weighted by Crippen LogP contribution is 2.75. The molecule has 0 aliphatic heterocycles. The lowest BCUT2D eigenvalue weighted by Gasteiger charge is -2.70. The van der Waals surface area contributed by atoms with Crippen molar-refractivity contribution in [1.29, 1.82) is 0 Å². The molecule has 0 bridgehead atoms. The van der Waals surface area contributed by atoms with Gasteiger partial charge in [0.1, 0.15) is 6.42 Å². The molecule has 64 heavy (non-hydrogen) atoms. The molecule has 1 N–H and O–H groups in total. The number of benzene rings is 2. The van der Waals surface area contributed by atoms with Crippen molar-refractivity contribution in [3.63, 3.8) is 0 Å². The molecule has 2 aromatic carbocycles. The van der Waals surface area contributed by atoms with Crippen molar-refractivity contribution in [2.24, 2.45) is 50.2 Å². The van der Waals surface area contributed by atoms with E-state index in [1.807, 2.05) is 73.7 Å². The summed E-state index contributed by atoms with van der Waals surface area (Å²) in [5, 5.41) is 2.98. The lowest BCUT2D eigenvalue weighted by atomic mass is 9.33. The maximum absolute atomic E-state index is 15.3. The predicted molar refractivity (Wildman–Crippen MR) is 235 cm³/mol. The molecule has 5 aliphatic rings. The maximum atomic E-state index is 15.3. The molecule has 4 saturated carbocycles.